The first kappa shape index (κ1) is 14.7. The number of para-hydroxylation sites is 1. The van der Waals surface area contributed by atoms with Crippen molar-refractivity contribution in [2.24, 2.45) is 0 Å². The van der Waals surface area contributed by atoms with Crippen molar-refractivity contribution in [3.8, 4) is 0 Å². The van der Waals surface area contributed by atoms with Crippen LogP contribution in [-0.2, 0) is 14.9 Å². The van der Waals surface area contributed by atoms with Crippen LogP contribution >= 0.6 is 0 Å². The highest BCUT2D eigenvalue weighted by molar-refractivity contribution is 5.93. The van der Waals surface area contributed by atoms with E-state index in [1.165, 1.54) is 29.8 Å². The molecule has 1 unspecified atom stereocenters. The van der Waals surface area contributed by atoms with Gasteiger partial charge in [-0.1, -0.05) is 18.2 Å². The third-order valence-electron chi connectivity index (χ3n) is 4.93. The van der Waals surface area contributed by atoms with Crippen LogP contribution in [0.25, 0.3) is 0 Å². The Morgan fingerprint density at radius 2 is 2.10 bits per heavy atom. The molecule has 2 heterocycles. The molecule has 0 amide bonds. The normalized spacial score (nSPS) is 24.2. The molecule has 2 aliphatic heterocycles. The van der Waals surface area contributed by atoms with Crippen LogP contribution in [-0.4, -0.2) is 36.3 Å². The predicted molar refractivity (Wildman–Crippen MR) is 84.5 cm³/mol. The van der Waals surface area contributed by atoms with Gasteiger partial charge in [0.25, 0.3) is 0 Å². The van der Waals surface area contributed by atoms with Gasteiger partial charge in [-0.3, -0.25) is 0 Å². The Morgan fingerprint density at radius 3 is 2.86 bits per heavy atom. The predicted octanol–water partition coefficient (Wildman–Crippen LogP) is 3.63. The van der Waals surface area contributed by atoms with Gasteiger partial charge in [0.15, 0.2) is 18.5 Å². The third-order valence-corrected chi connectivity index (χ3v) is 4.93. The van der Waals surface area contributed by atoms with Gasteiger partial charge in [-0.05, 0) is 33.1 Å². The SMILES string of the molecule is CC1=[N+](CCOC2CCCCO2)c2ccccc2C1(C)C. The summed E-state index contributed by atoms with van der Waals surface area (Å²) in [4.78, 5) is 0. The lowest BCUT2D eigenvalue weighted by Crippen LogP contribution is -2.29. The molecule has 0 saturated carbocycles. The maximum atomic E-state index is 5.90. The summed E-state index contributed by atoms with van der Waals surface area (Å²) in [6.07, 6.45) is 3.42. The van der Waals surface area contributed by atoms with E-state index in [-0.39, 0.29) is 11.7 Å². The number of hydrogen-bond donors (Lipinski definition) is 0. The second kappa shape index (κ2) is 5.90. The fourth-order valence-electron chi connectivity index (χ4n) is 3.36. The van der Waals surface area contributed by atoms with E-state index < -0.39 is 0 Å². The molecule has 0 aliphatic carbocycles. The molecule has 0 N–H and O–H groups in total. The number of fused-ring (bicyclic) bond motifs is 1. The summed E-state index contributed by atoms with van der Waals surface area (Å²) < 4.78 is 13.9. The van der Waals surface area contributed by atoms with Crippen LogP contribution in [0, 0.1) is 0 Å². The molecule has 21 heavy (non-hydrogen) atoms. The zero-order chi connectivity index (χ0) is 14.9. The summed E-state index contributed by atoms with van der Waals surface area (Å²) in [5.74, 6) is 0. The first-order chi connectivity index (χ1) is 10.1. The second-order valence-electron chi connectivity index (χ2n) is 6.55. The smallest absolute Gasteiger partial charge is 0.209 e. The topological polar surface area (TPSA) is 21.5 Å². The molecule has 2 aliphatic rings. The van der Waals surface area contributed by atoms with Gasteiger partial charge in [-0.15, -0.1) is 0 Å². The molecule has 0 radical (unpaired) electrons. The Morgan fingerprint density at radius 1 is 1.29 bits per heavy atom. The highest BCUT2D eigenvalue weighted by atomic mass is 16.7. The van der Waals surface area contributed by atoms with E-state index in [0.717, 1.165) is 19.6 Å². The summed E-state index contributed by atoms with van der Waals surface area (Å²) in [5, 5.41) is 0. The molecule has 0 spiro atoms. The van der Waals surface area contributed by atoms with Crippen molar-refractivity contribution in [1.82, 2.24) is 0 Å². The van der Waals surface area contributed by atoms with Crippen LogP contribution in [0.1, 0.15) is 45.6 Å². The quantitative estimate of drug-likeness (QED) is 0.789. The zero-order valence-corrected chi connectivity index (χ0v) is 13.4. The molecule has 0 bridgehead atoms. The standard InChI is InChI=1S/C18H26NO2/c1-14-18(2,3)15-8-4-5-9-16(15)19(14)11-13-21-17-10-6-7-12-20-17/h4-5,8-9,17H,6-7,10-13H2,1-3H3/q+1. The number of nitrogens with zero attached hydrogens (tertiary/aromatic N) is 1. The van der Waals surface area contributed by atoms with Gasteiger partial charge in [0, 0.05) is 25.2 Å². The Hall–Kier alpha value is -1.19. The second-order valence-corrected chi connectivity index (χ2v) is 6.55. The van der Waals surface area contributed by atoms with Crippen LogP contribution in [0.5, 0.6) is 0 Å². The monoisotopic (exact) mass is 288 g/mol. The highest BCUT2D eigenvalue weighted by Gasteiger charge is 2.42. The van der Waals surface area contributed by atoms with Crippen LogP contribution < -0.4 is 0 Å². The van der Waals surface area contributed by atoms with Crippen molar-refractivity contribution >= 4 is 11.4 Å². The molecule has 1 aromatic carbocycles. The van der Waals surface area contributed by atoms with Crippen LogP contribution in [0.3, 0.4) is 0 Å². The highest BCUT2D eigenvalue weighted by Crippen LogP contribution is 2.38. The van der Waals surface area contributed by atoms with E-state index in [0.29, 0.717) is 6.61 Å². The summed E-state index contributed by atoms with van der Waals surface area (Å²) in [6.45, 7) is 9.28. The number of rotatable bonds is 4. The van der Waals surface area contributed by atoms with Crippen molar-refractivity contribution in [1.29, 1.82) is 0 Å². The van der Waals surface area contributed by atoms with E-state index >= 15 is 0 Å². The number of ether oxygens (including phenoxy) is 2. The maximum Gasteiger partial charge on any atom is 0.209 e. The van der Waals surface area contributed by atoms with Gasteiger partial charge in [0.05, 0.1) is 5.41 Å². The maximum absolute atomic E-state index is 5.90. The van der Waals surface area contributed by atoms with E-state index in [4.69, 9.17) is 9.47 Å². The lowest BCUT2D eigenvalue weighted by molar-refractivity contribution is -0.446. The first-order valence-corrected chi connectivity index (χ1v) is 8.05. The number of hydrogen-bond acceptors (Lipinski definition) is 2. The molecular weight excluding hydrogens is 262 g/mol. The molecular formula is C18H26NO2+. The van der Waals surface area contributed by atoms with Gasteiger partial charge in [-0.2, -0.15) is 4.58 Å². The van der Waals surface area contributed by atoms with E-state index in [1.54, 1.807) is 0 Å². The third kappa shape index (κ3) is 2.77. The van der Waals surface area contributed by atoms with Crippen molar-refractivity contribution in [3.05, 3.63) is 29.8 Å². The fraction of sp³-hybridized carbons (Fsp3) is 0.611. The minimum absolute atomic E-state index is 0.00455. The van der Waals surface area contributed by atoms with Gasteiger partial charge in [0.2, 0.25) is 5.69 Å². The summed E-state index contributed by atoms with van der Waals surface area (Å²) in [7, 11) is 0. The zero-order valence-electron chi connectivity index (χ0n) is 13.4. The Balaban J connectivity index is 1.68. The molecule has 3 nitrogen and oxygen atoms in total. The van der Waals surface area contributed by atoms with Gasteiger partial charge in [-0.25, -0.2) is 0 Å². The Bertz CT molecular complexity index is 542. The molecule has 3 heteroatoms. The molecule has 1 atom stereocenters. The summed E-state index contributed by atoms with van der Waals surface area (Å²) in [5.41, 5.74) is 4.25. The van der Waals surface area contributed by atoms with E-state index in [9.17, 15) is 0 Å². The minimum atomic E-state index is 0.00455. The average molecular weight is 288 g/mol. The summed E-state index contributed by atoms with van der Waals surface area (Å²) >= 11 is 0. The molecule has 1 saturated heterocycles. The average Bonchev–Trinajstić information content (AvgIpc) is 2.70. The van der Waals surface area contributed by atoms with E-state index in [2.05, 4.69) is 49.6 Å². The lowest BCUT2D eigenvalue weighted by Gasteiger charge is -2.22. The summed E-state index contributed by atoms with van der Waals surface area (Å²) in [6, 6.07) is 8.70. The minimum Gasteiger partial charge on any atom is -0.353 e. The molecule has 1 aromatic rings. The van der Waals surface area contributed by atoms with Crippen molar-refractivity contribution in [2.45, 2.75) is 51.7 Å². The first-order valence-electron chi connectivity index (χ1n) is 8.05. The van der Waals surface area contributed by atoms with Gasteiger partial charge < -0.3 is 9.47 Å². The molecule has 3 rings (SSSR count). The number of benzene rings is 1. The van der Waals surface area contributed by atoms with Gasteiger partial charge in [0.1, 0.15) is 6.61 Å². The van der Waals surface area contributed by atoms with Crippen molar-refractivity contribution in [3.63, 3.8) is 0 Å². The van der Waals surface area contributed by atoms with Crippen LogP contribution in [0.15, 0.2) is 24.3 Å². The van der Waals surface area contributed by atoms with Crippen molar-refractivity contribution in [2.75, 3.05) is 19.8 Å². The fourth-order valence-corrected chi connectivity index (χ4v) is 3.36. The van der Waals surface area contributed by atoms with E-state index in [1.807, 2.05) is 0 Å². The largest absolute Gasteiger partial charge is 0.353 e. The Labute approximate surface area is 127 Å². The van der Waals surface area contributed by atoms with Crippen LogP contribution in [0.4, 0.5) is 5.69 Å². The molecule has 114 valence electrons. The molecule has 0 aromatic heterocycles. The Kier molecular flexibility index (Phi) is 4.14. The lowest BCUT2D eigenvalue weighted by atomic mass is 9.82. The molecule has 1 fully saturated rings. The van der Waals surface area contributed by atoms with Crippen molar-refractivity contribution < 1.29 is 14.0 Å². The van der Waals surface area contributed by atoms with Crippen LogP contribution in [0.2, 0.25) is 0 Å². The van der Waals surface area contributed by atoms with Gasteiger partial charge >= 0.3 is 0 Å².